The normalized spacial score (nSPS) is 12.1. The van der Waals surface area contributed by atoms with Crippen LogP contribution in [0.1, 0.15) is 24.1 Å². The van der Waals surface area contributed by atoms with Gasteiger partial charge in [-0.1, -0.05) is 29.8 Å². The van der Waals surface area contributed by atoms with Crippen LogP contribution in [0.5, 0.6) is 5.75 Å². The second-order valence-corrected chi connectivity index (χ2v) is 9.23. The van der Waals surface area contributed by atoms with Gasteiger partial charge in [0.05, 0.1) is 23.7 Å². The number of halogens is 1. The monoisotopic (exact) mass is 456 g/mol. The number of aryl methyl sites for hydroxylation is 1. The van der Waals surface area contributed by atoms with Crippen LogP contribution in [0.2, 0.25) is 0 Å². The predicted octanol–water partition coefficient (Wildman–Crippen LogP) is 4.22. The van der Waals surface area contributed by atoms with Crippen molar-refractivity contribution in [2.45, 2.75) is 24.8 Å². The van der Waals surface area contributed by atoms with Crippen LogP contribution >= 0.6 is 0 Å². The molecule has 1 unspecified atom stereocenters. The molecule has 0 aliphatic rings. The molecule has 6 nitrogen and oxygen atoms in total. The first-order chi connectivity index (χ1) is 15.2. The fourth-order valence-electron chi connectivity index (χ4n) is 3.15. The summed E-state index contributed by atoms with van der Waals surface area (Å²) in [5.74, 6) is -0.334. The molecule has 8 heteroatoms. The second-order valence-electron chi connectivity index (χ2n) is 7.36. The van der Waals surface area contributed by atoms with Crippen LogP contribution in [0.3, 0.4) is 0 Å². The van der Waals surface area contributed by atoms with Gasteiger partial charge in [-0.2, -0.15) is 0 Å². The third-order valence-electron chi connectivity index (χ3n) is 5.00. The molecule has 0 aromatic heterocycles. The van der Waals surface area contributed by atoms with Gasteiger partial charge < -0.3 is 10.1 Å². The average molecular weight is 457 g/mol. The van der Waals surface area contributed by atoms with E-state index in [4.69, 9.17) is 4.74 Å². The number of nitrogens with zero attached hydrogens (tertiary/aromatic N) is 1. The molecule has 0 bridgehead atoms. The highest BCUT2D eigenvalue weighted by Crippen LogP contribution is 2.25. The zero-order valence-electron chi connectivity index (χ0n) is 18.1. The van der Waals surface area contributed by atoms with Crippen LogP contribution in [0.15, 0.2) is 77.7 Å². The molecule has 168 valence electrons. The maximum atomic E-state index is 13.4. The number of rotatable bonds is 8. The summed E-state index contributed by atoms with van der Waals surface area (Å²) in [5.41, 5.74) is 2.04. The number of carbonyl (C=O) groups excluding carboxylic acids is 1. The lowest BCUT2D eigenvalue weighted by molar-refractivity contribution is -0.120. The molecular formula is C24H25FN2O4S. The first kappa shape index (κ1) is 23.3. The highest BCUT2D eigenvalue weighted by molar-refractivity contribution is 7.92. The van der Waals surface area contributed by atoms with Crippen LogP contribution < -0.4 is 14.4 Å². The molecule has 0 aliphatic heterocycles. The Bertz CT molecular complexity index is 1160. The van der Waals surface area contributed by atoms with E-state index in [2.05, 4.69) is 5.32 Å². The van der Waals surface area contributed by atoms with E-state index in [0.717, 1.165) is 9.87 Å². The number of amides is 1. The molecule has 0 aliphatic carbocycles. The number of benzene rings is 3. The molecule has 0 radical (unpaired) electrons. The Morgan fingerprint density at radius 1 is 1.00 bits per heavy atom. The molecule has 3 aromatic carbocycles. The lowest BCUT2D eigenvalue weighted by Gasteiger charge is -2.25. The Balaban J connectivity index is 1.87. The van der Waals surface area contributed by atoms with Crippen molar-refractivity contribution in [2.24, 2.45) is 0 Å². The second kappa shape index (κ2) is 9.82. The lowest BCUT2D eigenvalue weighted by atomic mass is 10.1. The van der Waals surface area contributed by atoms with Gasteiger partial charge in [-0.05, 0) is 67.9 Å². The fourth-order valence-corrected chi connectivity index (χ4v) is 4.57. The Morgan fingerprint density at radius 3 is 2.16 bits per heavy atom. The van der Waals surface area contributed by atoms with E-state index in [1.807, 2.05) is 6.92 Å². The number of nitrogens with one attached hydrogen (secondary N) is 1. The van der Waals surface area contributed by atoms with E-state index in [1.165, 1.54) is 31.4 Å². The van der Waals surface area contributed by atoms with E-state index >= 15 is 0 Å². The number of anilines is 1. The van der Waals surface area contributed by atoms with Crippen molar-refractivity contribution in [1.29, 1.82) is 0 Å². The summed E-state index contributed by atoms with van der Waals surface area (Å²) >= 11 is 0. The molecule has 0 saturated carbocycles. The van der Waals surface area contributed by atoms with Crippen LogP contribution in [-0.4, -0.2) is 28.0 Å². The molecule has 0 spiro atoms. The Labute approximate surface area is 187 Å². The highest BCUT2D eigenvalue weighted by atomic mass is 32.2. The summed E-state index contributed by atoms with van der Waals surface area (Å²) in [6.45, 7) is 3.23. The first-order valence-corrected chi connectivity index (χ1v) is 11.4. The van der Waals surface area contributed by atoms with Crippen molar-refractivity contribution in [2.75, 3.05) is 18.0 Å². The molecule has 0 heterocycles. The Kier molecular flexibility index (Phi) is 7.15. The molecule has 3 aromatic rings. The van der Waals surface area contributed by atoms with Gasteiger partial charge in [0.15, 0.2) is 0 Å². The number of ether oxygens (including phenoxy) is 1. The minimum Gasteiger partial charge on any atom is -0.497 e. The third kappa shape index (κ3) is 5.45. The maximum Gasteiger partial charge on any atom is 0.264 e. The van der Waals surface area contributed by atoms with Crippen molar-refractivity contribution >= 4 is 21.6 Å². The van der Waals surface area contributed by atoms with Crippen molar-refractivity contribution in [1.82, 2.24) is 5.32 Å². The molecule has 1 atom stereocenters. The van der Waals surface area contributed by atoms with Crippen LogP contribution in [0.4, 0.5) is 10.1 Å². The van der Waals surface area contributed by atoms with Gasteiger partial charge in [0.1, 0.15) is 18.1 Å². The molecule has 32 heavy (non-hydrogen) atoms. The molecule has 0 saturated heterocycles. The summed E-state index contributed by atoms with van der Waals surface area (Å²) < 4.78 is 46.2. The van der Waals surface area contributed by atoms with Crippen molar-refractivity contribution in [3.05, 3.63) is 89.7 Å². The largest absolute Gasteiger partial charge is 0.497 e. The Hall–Kier alpha value is -3.39. The minimum absolute atomic E-state index is 0.0401. The van der Waals surface area contributed by atoms with Crippen LogP contribution in [0, 0.1) is 12.7 Å². The van der Waals surface area contributed by atoms with Crippen molar-refractivity contribution in [3.63, 3.8) is 0 Å². The number of methoxy groups -OCH3 is 1. The summed E-state index contributed by atoms with van der Waals surface area (Å²) in [4.78, 5) is 12.9. The Morgan fingerprint density at radius 2 is 1.59 bits per heavy atom. The van der Waals surface area contributed by atoms with Gasteiger partial charge in [-0.25, -0.2) is 12.8 Å². The smallest absolute Gasteiger partial charge is 0.264 e. The number of sulfonamides is 1. The number of hydrogen-bond acceptors (Lipinski definition) is 4. The van der Waals surface area contributed by atoms with E-state index in [0.29, 0.717) is 17.0 Å². The van der Waals surface area contributed by atoms with Gasteiger partial charge in [-0.3, -0.25) is 9.10 Å². The fraction of sp³-hybridized carbons (Fsp3) is 0.208. The summed E-state index contributed by atoms with van der Waals surface area (Å²) in [6.07, 6.45) is 0. The molecule has 0 fully saturated rings. The van der Waals surface area contributed by atoms with Crippen molar-refractivity contribution in [3.8, 4) is 5.75 Å². The van der Waals surface area contributed by atoms with Gasteiger partial charge >= 0.3 is 0 Å². The standard InChI is InChI=1S/C24H25FN2O4S/c1-17-4-10-21(11-5-17)27(32(29,30)23-14-12-22(31-3)13-15-23)16-24(28)26-18(2)19-6-8-20(25)9-7-19/h4-15,18H,16H2,1-3H3,(H,26,28). The average Bonchev–Trinajstić information content (AvgIpc) is 2.78. The molecule has 1 amide bonds. The molecule has 1 N–H and O–H groups in total. The third-order valence-corrected chi connectivity index (χ3v) is 6.79. The zero-order chi connectivity index (χ0) is 23.3. The summed E-state index contributed by atoms with van der Waals surface area (Å²) in [6, 6.07) is 18.2. The highest BCUT2D eigenvalue weighted by Gasteiger charge is 2.27. The van der Waals surface area contributed by atoms with Gasteiger partial charge in [0, 0.05) is 0 Å². The minimum atomic E-state index is -4.03. The SMILES string of the molecule is COc1ccc(S(=O)(=O)N(CC(=O)NC(C)c2ccc(F)cc2)c2ccc(C)cc2)cc1. The lowest BCUT2D eigenvalue weighted by Crippen LogP contribution is -2.41. The first-order valence-electron chi connectivity index (χ1n) is 9.99. The topological polar surface area (TPSA) is 75.7 Å². The number of hydrogen-bond donors (Lipinski definition) is 1. The van der Waals surface area contributed by atoms with Gasteiger partial charge in [0.2, 0.25) is 5.91 Å². The van der Waals surface area contributed by atoms with E-state index in [-0.39, 0.29) is 10.7 Å². The summed E-state index contributed by atoms with van der Waals surface area (Å²) in [5, 5.41) is 2.78. The van der Waals surface area contributed by atoms with Crippen LogP contribution in [-0.2, 0) is 14.8 Å². The van der Waals surface area contributed by atoms with Gasteiger partial charge in [0.25, 0.3) is 10.0 Å². The summed E-state index contributed by atoms with van der Waals surface area (Å²) in [7, 11) is -2.53. The van der Waals surface area contributed by atoms with Gasteiger partial charge in [-0.15, -0.1) is 0 Å². The predicted molar refractivity (Wildman–Crippen MR) is 122 cm³/mol. The van der Waals surface area contributed by atoms with E-state index in [1.54, 1.807) is 55.5 Å². The molecular weight excluding hydrogens is 431 g/mol. The van der Waals surface area contributed by atoms with Crippen LogP contribution in [0.25, 0.3) is 0 Å². The quantitative estimate of drug-likeness (QED) is 0.551. The van der Waals surface area contributed by atoms with Crippen molar-refractivity contribution < 1.29 is 22.3 Å². The van der Waals surface area contributed by atoms with E-state index in [9.17, 15) is 17.6 Å². The maximum absolute atomic E-state index is 13.4. The molecule has 3 rings (SSSR count). The van der Waals surface area contributed by atoms with E-state index < -0.39 is 28.5 Å². The zero-order valence-corrected chi connectivity index (χ0v) is 18.9. The number of carbonyl (C=O) groups is 1.